The number of imidazole rings is 1. The van der Waals surface area contributed by atoms with E-state index in [1.54, 1.807) is 0 Å². The molecular weight excluding hydrogens is 655 g/mol. The Kier molecular flexibility index (Phi) is 8.38. The second kappa shape index (κ2) is 10.5. The van der Waals surface area contributed by atoms with Crippen LogP contribution >= 0.6 is 0 Å². The minimum absolute atomic E-state index is 0.104. The maximum atomic E-state index is 13.4. The van der Waals surface area contributed by atoms with E-state index in [9.17, 15) is 64.8 Å². The number of sulfone groups is 3. The first-order chi connectivity index (χ1) is 18.9. The van der Waals surface area contributed by atoms with Crippen LogP contribution in [0.15, 0.2) is 57.4 Å². The fraction of sp³-hybridized carbons (Fsp3) is 0.318. The van der Waals surface area contributed by atoms with Crippen LogP contribution in [-0.2, 0) is 42.5 Å². The molecule has 0 atom stereocenters. The molecule has 1 aromatic heterocycles. The number of hydrogen-bond donors (Lipinski definition) is 1. The minimum atomic E-state index is -7.39. The minimum Gasteiger partial charge on any atom is -0.248 e. The molecule has 2 aromatic carbocycles. The molecular formula is C22H18F9N2O6S3+. The fourth-order valence-corrected chi connectivity index (χ4v) is 8.34. The van der Waals surface area contributed by atoms with Gasteiger partial charge < -0.3 is 0 Å². The Bertz CT molecular complexity index is 1860. The van der Waals surface area contributed by atoms with Gasteiger partial charge in [0.1, 0.15) is 22.2 Å². The highest BCUT2D eigenvalue weighted by atomic mass is 32.2. The van der Waals surface area contributed by atoms with Crippen molar-refractivity contribution in [1.82, 2.24) is 4.98 Å². The molecule has 0 fully saturated rings. The van der Waals surface area contributed by atoms with Gasteiger partial charge in [-0.3, -0.25) is 0 Å². The van der Waals surface area contributed by atoms with E-state index >= 15 is 0 Å². The monoisotopic (exact) mass is 673 g/mol. The van der Waals surface area contributed by atoms with Crippen molar-refractivity contribution >= 4 is 29.5 Å². The first-order valence-corrected chi connectivity index (χ1v) is 15.6. The zero-order valence-electron chi connectivity index (χ0n) is 21.0. The lowest BCUT2D eigenvalue weighted by Crippen LogP contribution is -2.33. The van der Waals surface area contributed by atoms with Gasteiger partial charge in [0.25, 0.3) is 35.3 Å². The molecule has 0 aliphatic heterocycles. The summed E-state index contributed by atoms with van der Waals surface area (Å²) in [5.74, 6) is 1.22. The lowest BCUT2D eigenvalue weighted by Gasteiger charge is -2.21. The normalized spacial score (nSPS) is 14.2. The van der Waals surface area contributed by atoms with Crippen molar-refractivity contribution in [2.75, 3.05) is 0 Å². The van der Waals surface area contributed by atoms with E-state index < -0.39 is 78.3 Å². The van der Waals surface area contributed by atoms with Gasteiger partial charge in [0.2, 0.25) is 0 Å². The third-order valence-electron chi connectivity index (χ3n) is 6.04. The van der Waals surface area contributed by atoms with Crippen molar-refractivity contribution < 1.29 is 69.3 Å². The molecule has 3 aromatic rings. The van der Waals surface area contributed by atoms with Gasteiger partial charge in [0, 0.05) is 13.3 Å². The molecule has 0 unspecified atom stereocenters. The summed E-state index contributed by atoms with van der Waals surface area (Å²) in [5.41, 5.74) is -22.2. The average Bonchev–Trinajstić information content (AvgIpc) is 3.43. The Labute approximate surface area is 232 Å². The molecule has 20 heteroatoms. The van der Waals surface area contributed by atoms with Gasteiger partial charge in [0.15, 0.2) is 0 Å². The molecule has 1 aliphatic rings. The highest BCUT2D eigenvalue weighted by Crippen LogP contribution is 2.51. The Morgan fingerprint density at radius 3 is 1.69 bits per heavy atom. The van der Waals surface area contributed by atoms with Gasteiger partial charge in [-0.2, -0.15) is 39.5 Å². The number of nitrogens with zero attached hydrogens (tertiary/aromatic N) is 1. The van der Waals surface area contributed by atoms with Crippen molar-refractivity contribution in [1.29, 1.82) is 0 Å². The molecule has 1 N–H and O–H groups in total. The van der Waals surface area contributed by atoms with Crippen LogP contribution in [0.5, 0.6) is 0 Å². The third-order valence-corrected chi connectivity index (χ3v) is 11.0. The number of hydrogen-bond acceptors (Lipinski definition) is 6. The number of aromatic amines is 1. The molecule has 0 radical (unpaired) electrons. The molecule has 8 nitrogen and oxygen atoms in total. The first-order valence-electron chi connectivity index (χ1n) is 11.2. The van der Waals surface area contributed by atoms with E-state index in [1.165, 1.54) is 18.0 Å². The summed E-state index contributed by atoms with van der Waals surface area (Å²) in [5, 5.41) is 0. The maximum Gasteiger partial charge on any atom is 0.502 e. The quantitative estimate of drug-likeness (QED) is 0.246. The number of H-pyrrole nitrogens is 1. The van der Waals surface area contributed by atoms with Crippen LogP contribution in [-0.4, -0.2) is 46.8 Å². The second-order valence-electron chi connectivity index (χ2n) is 8.57. The Balaban J connectivity index is 0.000000521. The second-order valence-corrected chi connectivity index (χ2v) is 14.2. The summed E-state index contributed by atoms with van der Waals surface area (Å²) < 4.78 is 195. The van der Waals surface area contributed by atoms with Crippen LogP contribution < -0.4 is 4.57 Å². The van der Waals surface area contributed by atoms with E-state index in [0.717, 1.165) is 18.7 Å². The van der Waals surface area contributed by atoms with Crippen LogP contribution in [0.1, 0.15) is 23.9 Å². The average molecular weight is 674 g/mol. The summed E-state index contributed by atoms with van der Waals surface area (Å²) >= 11 is 0. The lowest BCUT2D eigenvalue weighted by molar-refractivity contribution is -0.698. The number of alkyl halides is 9. The van der Waals surface area contributed by atoms with Gasteiger partial charge in [-0.1, -0.05) is 24.3 Å². The molecule has 1 heterocycles. The Morgan fingerprint density at radius 1 is 0.762 bits per heavy atom. The van der Waals surface area contributed by atoms with Gasteiger partial charge in [-0.15, -0.1) is 0 Å². The van der Waals surface area contributed by atoms with E-state index in [1.807, 2.05) is 12.4 Å². The summed E-state index contributed by atoms with van der Waals surface area (Å²) in [7, 11) is -21.6. The SMILES string of the molecule is CC[n+]1cc[nH]c1C.O=S(=O)(c1cc2c(c(S(=O)(=O)C(F)(F)F)c1S(=O)(=O)C(F)(F)F)Cc1ccccc1-2)C(F)(F)F. The van der Waals surface area contributed by atoms with Crippen molar-refractivity contribution in [3.05, 3.63) is 59.7 Å². The van der Waals surface area contributed by atoms with E-state index in [-0.39, 0.29) is 17.2 Å². The van der Waals surface area contributed by atoms with Gasteiger partial charge in [-0.25, -0.2) is 34.8 Å². The van der Waals surface area contributed by atoms with E-state index in [0.29, 0.717) is 0 Å². The number of halogens is 9. The largest absolute Gasteiger partial charge is 0.502 e. The topological polar surface area (TPSA) is 122 Å². The zero-order valence-corrected chi connectivity index (χ0v) is 23.4. The number of rotatable bonds is 4. The molecule has 232 valence electrons. The Morgan fingerprint density at radius 2 is 1.26 bits per heavy atom. The Hall–Kier alpha value is -3.13. The predicted molar refractivity (Wildman–Crippen MR) is 126 cm³/mol. The van der Waals surface area contributed by atoms with Crippen LogP contribution in [0.25, 0.3) is 11.1 Å². The molecule has 0 bridgehead atoms. The van der Waals surface area contributed by atoms with Crippen molar-refractivity contribution in [2.24, 2.45) is 0 Å². The number of fused-ring (bicyclic) bond motifs is 3. The standard InChI is InChI=1S/C16H7F9O6S3.C6H10N2/c17-14(18,19)32(26,27)11-6-9-8-4-2-1-3-7(8)5-10(9)12(33(28,29)15(20,21)22)13(11)34(30,31)16(23,24)25;1-3-8-5-4-7-6(8)2/h1-4,6H,5H2;4-5H,3H2,1-2H3/p+1. The molecule has 0 saturated carbocycles. The number of nitrogens with one attached hydrogen (secondary N) is 1. The van der Waals surface area contributed by atoms with Gasteiger partial charge in [0.05, 0.1) is 11.4 Å². The first kappa shape index (κ1) is 33.4. The number of aromatic nitrogens is 2. The van der Waals surface area contributed by atoms with Crippen LogP contribution in [0, 0.1) is 6.92 Å². The predicted octanol–water partition coefficient (Wildman–Crippen LogP) is 4.77. The highest BCUT2D eigenvalue weighted by Gasteiger charge is 2.60. The smallest absolute Gasteiger partial charge is 0.248 e. The van der Waals surface area contributed by atoms with E-state index in [4.69, 9.17) is 0 Å². The highest BCUT2D eigenvalue weighted by molar-refractivity contribution is 7.97. The fourth-order valence-electron chi connectivity index (χ4n) is 4.08. The lowest BCUT2D eigenvalue weighted by atomic mass is 10.1. The van der Waals surface area contributed by atoms with Gasteiger partial charge >= 0.3 is 16.5 Å². The summed E-state index contributed by atoms with van der Waals surface area (Å²) in [6, 6.07) is 4.34. The van der Waals surface area contributed by atoms with Crippen molar-refractivity contribution in [3.63, 3.8) is 0 Å². The van der Waals surface area contributed by atoms with E-state index in [2.05, 4.69) is 23.4 Å². The molecule has 0 saturated heterocycles. The van der Waals surface area contributed by atoms with Crippen molar-refractivity contribution in [2.45, 2.75) is 58.0 Å². The number of aryl methyl sites for hydroxylation is 2. The van der Waals surface area contributed by atoms with Crippen LogP contribution in [0.2, 0.25) is 0 Å². The zero-order chi connectivity index (χ0) is 32.3. The molecule has 0 spiro atoms. The molecule has 1 aliphatic carbocycles. The molecule has 42 heavy (non-hydrogen) atoms. The third kappa shape index (κ3) is 5.50. The molecule has 4 rings (SSSR count). The maximum absolute atomic E-state index is 13.4. The summed E-state index contributed by atoms with van der Waals surface area (Å²) in [6.45, 7) is 5.24. The van der Waals surface area contributed by atoms with Crippen molar-refractivity contribution in [3.8, 4) is 11.1 Å². The van der Waals surface area contributed by atoms with Crippen LogP contribution in [0.4, 0.5) is 39.5 Å². The number of benzene rings is 2. The van der Waals surface area contributed by atoms with Gasteiger partial charge in [-0.05, 0) is 35.2 Å². The summed E-state index contributed by atoms with van der Waals surface area (Å²) in [4.78, 5) is -5.61. The van der Waals surface area contributed by atoms with Crippen LogP contribution in [0.3, 0.4) is 0 Å². The molecule has 0 amide bonds. The summed E-state index contributed by atoms with van der Waals surface area (Å²) in [6.07, 6.45) is 3.04.